The van der Waals surface area contributed by atoms with Crippen molar-refractivity contribution in [2.24, 2.45) is 0 Å². The average molecular weight is 332 g/mol. The fraction of sp³-hybridized carbons (Fsp3) is 0.462. The summed E-state index contributed by atoms with van der Waals surface area (Å²) in [7, 11) is 0. The molecule has 1 aliphatic rings. The second kappa shape index (κ2) is 5.00. The summed E-state index contributed by atoms with van der Waals surface area (Å²) in [6.07, 6.45) is -0.519. The summed E-state index contributed by atoms with van der Waals surface area (Å²) >= 11 is 3.12. The van der Waals surface area contributed by atoms with Gasteiger partial charge in [-0.2, -0.15) is 0 Å². The minimum absolute atomic E-state index is 0.268. The molecule has 0 saturated heterocycles. The maximum Gasteiger partial charge on any atom is 0.408 e. The van der Waals surface area contributed by atoms with Gasteiger partial charge in [0.2, 0.25) is 0 Å². The topological polar surface area (TPSA) is 47.6 Å². The fourth-order valence-corrected chi connectivity index (χ4v) is 2.13. The Balaban J connectivity index is 2.11. The smallest absolute Gasteiger partial charge is 0.408 e. The zero-order valence-corrected chi connectivity index (χ0v) is 12.5. The second-order valence-electron chi connectivity index (χ2n) is 5.31. The van der Waals surface area contributed by atoms with Gasteiger partial charge in [-0.25, -0.2) is 9.18 Å². The van der Waals surface area contributed by atoms with Crippen molar-refractivity contribution >= 4 is 22.0 Å². The molecular weight excluding hydrogens is 317 g/mol. The first-order chi connectivity index (χ1) is 8.76. The van der Waals surface area contributed by atoms with E-state index in [0.29, 0.717) is 10.2 Å². The van der Waals surface area contributed by atoms with Crippen LogP contribution in [-0.2, 0) is 4.74 Å². The van der Waals surface area contributed by atoms with E-state index in [4.69, 9.17) is 9.47 Å². The maximum absolute atomic E-state index is 13.3. The van der Waals surface area contributed by atoms with Crippen LogP contribution in [0.15, 0.2) is 16.6 Å². The highest BCUT2D eigenvalue weighted by Crippen LogP contribution is 2.36. The zero-order valence-electron chi connectivity index (χ0n) is 10.9. The SMILES string of the molecule is CC(C)(C)OC(=O)NC1COc2cc(F)c(Br)cc21. The minimum Gasteiger partial charge on any atom is -0.491 e. The van der Waals surface area contributed by atoms with Crippen LogP contribution in [0.4, 0.5) is 9.18 Å². The average Bonchev–Trinajstić information content (AvgIpc) is 2.59. The van der Waals surface area contributed by atoms with Crippen molar-refractivity contribution in [3.05, 3.63) is 28.0 Å². The van der Waals surface area contributed by atoms with Crippen molar-refractivity contribution in [3.63, 3.8) is 0 Å². The van der Waals surface area contributed by atoms with Crippen LogP contribution in [0.2, 0.25) is 0 Å². The highest BCUT2D eigenvalue weighted by atomic mass is 79.9. The molecule has 0 saturated carbocycles. The monoisotopic (exact) mass is 331 g/mol. The number of carbonyl (C=O) groups excluding carboxylic acids is 1. The highest BCUT2D eigenvalue weighted by Gasteiger charge is 2.28. The number of ether oxygens (including phenoxy) is 2. The molecule has 104 valence electrons. The summed E-state index contributed by atoms with van der Waals surface area (Å²) in [6.45, 7) is 5.64. The zero-order chi connectivity index (χ0) is 14.2. The van der Waals surface area contributed by atoms with Crippen molar-refractivity contribution in [1.29, 1.82) is 0 Å². The van der Waals surface area contributed by atoms with Crippen LogP contribution >= 0.6 is 15.9 Å². The van der Waals surface area contributed by atoms with E-state index in [1.54, 1.807) is 26.8 Å². The van der Waals surface area contributed by atoms with Gasteiger partial charge in [0.25, 0.3) is 0 Å². The first-order valence-electron chi connectivity index (χ1n) is 5.87. The number of nitrogens with one attached hydrogen (secondary N) is 1. The molecule has 4 nitrogen and oxygen atoms in total. The Morgan fingerprint density at radius 3 is 2.84 bits per heavy atom. The molecule has 1 aromatic rings. The fourth-order valence-electron chi connectivity index (χ4n) is 1.77. The van der Waals surface area contributed by atoms with E-state index >= 15 is 0 Å². The Hall–Kier alpha value is -1.30. The summed E-state index contributed by atoms with van der Waals surface area (Å²) in [4.78, 5) is 11.7. The summed E-state index contributed by atoms with van der Waals surface area (Å²) in [5.74, 6) is 0.0541. The van der Waals surface area contributed by atoms with Gasteiger partial charge in [-0.05, 0) is 42.8 Å². The molecule has 0 bridgehead atoms. The van der Waals surface area contributed by atoms with E-state index in [1.165, 1.54) is 6.07 Å². The predicted molar refractivity (Wildman–Crippen MR) is 71.7 cm³/mol. The van der Waals surface area contributed by atoms with E-state index in [0.717, 1.165) is 5.56 Å². The van der Waals surface area contributed by atoms with E-state index in [1.807, 2.05) is 0 Å². The molecule has 6 heteroatoms. The van der Waals surface area contributed by atoms with Gasteiger partial charge in [-0.1, -0.05) is 0 Å². The van der Waals surface area contributed by atoms with Crippen LogP contribution in [0.5, 0.6) is 5.75 Å². The molecule has 1 unspecified atom stereocenters. The van der Waals surface area contributed by atoms with Crippen LogP contribution in [0.25, 0.3) is 0 Å². The minimum atomic E-state index is -0.560. The number of benzene rings is 1. The molecule has 1 N–H and O–H groups in total. The Morgan fingerprint density at radius 1 is 1.53 bits per heavy atom. The predicted octanol–water partition coefficient (Wildman–Crippen LogP) is 3.55. The first-order valence-corrected chi connectivity index (χ1v) is 6.67. The lowest BCUT2D eigenvalue weighted by molar-refractivity contribution is 0.0497. The molecule has 1 heterocycles. The first kappa shape index (κ1) is 14.1. The lowest BCUT2D eigenvalue weighted by Gasteiger charge is -2.21. The van der Waals surface area contributed by atoms with Crippen molar-refractivity contribution in [1.82, 2.24) is 5.32 Å². The van der Waals surface area contributed by atoms with Crippen LogP contribution in [0, 0.1) is 5.82 Å². The molecular formula is C13H15BrFNO3. The molecule has 0 radical (unpaired) electrons. The van der Waals surface area contributed by atoms with Gasteiger partial charge in [0.1, 0.15) is 23.8 Å². The number of amides is 1. The number of hydrogen-bond acceptors (Lipinski definition) is 3. The number of hydrogen-bond donors (Lipinski definition) is 1. The van der Waals surface area contributed by atoms with Crippen LogP contribution in [0.3, 0.4) is 0 Å². The molecule has 1 aliphatic heterocycles. The van der Waals surface area contributed by atoms with Gasteiger partial charge in [-0.3, -0.25) is 0 Å². The maximum atomic E-state index is 13.3. The number of halogens is 2. The van der Waals surface area contributed by atoms with Crippen LogP contribution in [0.1, 0.15) is 32.4 Å². The number of alkyl carbamates (subject to hydrolysis) is 1. The van der Waals surface area contributed by atoms with Crippen molar-refractivity contribution < 1.29 is 18.7 Å². The molecule has 19 heavy (non-hydrogen) atoms. The summed E-state index contributed by atoms with van der Waals surface area (Å²) in [5, 5.41) is 2.71. The molecule has 1 aromatic carbocycles. The quantitative estimate of drug-likeness (QED) is 0.856. The largest absolute Gasteiger partial charge is 0.491 e. The van der Waals surface area contributed by atoms with Crippen molar-refractivity contribution in [3.8, 4) is 5.75 Å². The third-order valence-corrected chi connectivity index (χ3v) is 3.13. The summed E-state index contributed by atoms with van der Waals surface area (Å²) in [6, 6.07) is 2.58. The van der Waals surface area contributed by atoms with Crippen molar-refractivity contribution in [2.75, 3.05) is 6.61 Å². The molecule has 1 atom stereocenters. The van der Waals surface area contributed by atoms with E-state index in [9.17, 15) is 9.18 Å². The third-order valence-electron chi connectivity index (χ3n) is 2.52. The Morgan fingerprint density at radius 2 is 2.21 bits per heavy atom. The molecule has 0 aliphatic carbocycles. The molecule has 0 fully saturated rings. The lowest BCUT2D eigenvalue weighted by atomic mass is 10.1. The number of carbonyl (C=O) groups is 1. The van der Waals surface area contributed by atoms with E-state index < -0.39 is 17.5 Å². The molecule has 0 spiro atoms. The number of fused-ring (bicyclic) bond motifs is 1. The summed E-state index contributed by atoms with van der Waals surface area (Å²) in [5.41, 5.74) is 0.176. The van der Waals surface area contributed by atoms with E-state index in [2.05, 4.69) is 21.2 Å². The van der Waals surface area contributed by atoms with Crippen LogP contribution in [-0.4, -0.2) is 18.3 Å². The number of rotatable bonds is 1. The lowest BCUT2D eigenvalue weighted by Crippen LogP contribution is -2.35. The van der Waals surface area contributed by atoms with Gasteiger partial charge in [0, 0.05) is 11.6 Å². The van der Waals surface area contributed by atoms with E-state index in [-0.39, 0.29) is 12.6 Å². The molecule has 1 amide bonds. The molecule has 2 rings (SSSR count). The van der Waals surface area contributed by atoms with Gasteiger partial charge in [-0.15, -0.1) is 0 Å². The van der Waals surface area contributed by atoms with Gasteiger partial charge in [0.05, 0.1) is 10.5 Å². The Kier molecular flexibility index (Phi) is 3.71. The standard InChI is InChI=1S/C13H15BrFNO3/c1-13(2,3)19-12(17)16-10-6-18-11-5-9(15)8(14)4-7(10)11/h4-5,10H,6H2,1-3H3,(H,16,17). The highest BCUT2D eigenvalue weighted by molar-refractivity contribution is 9.10. The van der Waals surface area contributed by atoms with Gasteiger partial charge >= 0.3 is 6.09 Å². The van der Waals surface area contributed by atoms with Crippen LogP contribution < -0.4 is 10.1 Å². The normalized spacial score (nSPS) is 17.6. The third kappa shape index (κ3) is 3.37. The Bertz CT molecular complexity index is 513. The Labute approximate surface area is 119 Å². The van der Waals surface area contributed by atoms with Crippen molar-refractivity contribution in [2.45, 2.75) is 32.4 Å². The van der Waals surface area contributed by atoms with Gasteiger partial charge in [0.15, 0.2) is 0 Å². The molecule has 0 aromatic heterocycles. The second-order valence-corrected chi connectivity index (χ2v) is 6.17. The summed E-state index contributed by atoms with van der Waals surface area (Å²) < 4.78 is 24.2. The van der Waals surface area contributed by atoms with Gasteiger partial charge < -0.3 is 14.8 Å².